The largest absolute Gasteiger partial charge is 0.353 e. The fourth-order valence-corrected chi connectivity index (χ4v) is 3.12. The maximum Gasteiger partial charge on any atom is 0.220 e. The minimum atomic E-state index is -0.0267. The van der Waals surface area contributed by atoms with Crippen molar-refractivity contribution in [3.05, 3.63) is 60.2 Å². The molecule has 0 bridgehead atoms. The lowest BCUT2D eigenvalue weighted by molar-refractivity contribution is -0.121. The van der Waals surface area contributed by atoms with Crippen LogP contribution >= 0.6 is 12.4 Å². The van der Waals surface area contributed by atoms with Crippen molar-refractivity contribution in [2.24, 2.45) is 0 Å². The van der Waals surface area contributed by atoms with Crippen molar-refractivity contribution in [1.82, 2.24) is 10.6 Å². The summed E-state index contributed by atoms with van der Waals surface area (Å²) in [7, 11) is 0. The van der Waals surface area contributed by atoms with Gasteiger partial charge in [0.1, 0.15) is 0 Å². The Morgan fingerprint density at radius 1 is 0.885 bits per heavy atom. The standard InChI is InChI=1S/C21H24N2O2.ClH/c24-20(10-11-21(25)23-19-12-14-22-15-13-19)18-8-6-17(7-9-18)16-4-2-1-3-5-16;/h1-9,19,22H,10-15H2,(H,23,25);1H. The van der Waals surface area contributed by atoms with E-state index in [1.54, 1.807) is 0 Å². The van der Waals surface area contributed by atoms with Gasteiger partial charge in [0.15, 0.2) is 5.78 Å². The quantitative estimate of drug-likeness (QED) is 0.761. The molecule has 2 N–H and O–H groups in total. The van der Waals surface area contributed by atoms with Crippen molar-refractivity contribution in [1.29, 1.82) is 0 Å². The number of carbonyl (C=O) groups is 2. The Kier molecular flexibility index (Phi) is 7.82. The van der Waals surface area contributed by atoms with E-state index in [9.17, 15) is 9.59 Å². The Balaban J connectivity index is 0.00000243. The number of amides is 1. The van der Waals surface area contributed by atoms with Crippen LogP contribution in [0.1, 0.15) is 36.0 Å². The molecule has 1 aliphatic heterocycles. The molecular weight excluding hydrogens is 348 g/mol. The molecule has 5 heteroatoms. The highest BCUT2D eigenvalue weighted by Crippen LogP contribution is 2.20. The van der Waals surface area contributed by atoms with Gasteiger partial charge in [-0.1, -0.05) is 54.6 Å². The summed E-state index contributed by atoms with van der Waals surface area (Å²) in [6.07, 6.45) is 2.42. The van der Waals surface area contributed by atoms with Crippen LogP contribution in [0.25, 0.3) is 11.1 Å². The van der Waals surface area contributed by atoms with Gasteiger partial charge in [0.25, 0.3) is 0 Å². The summed E-state index contributed by atoms with van der Waals surface area (Å²) in [6, 6.07) is 17.9. The molecule has 0 radical (unpaired) electrons. The molecule has 1 saturated heterocycles. The monoisotopic (exact) mass is 372 g/mol. The Labute approximate surface area is 160 Å². The van der Waals surface area contributed by atoms with Crippen LogP contribution in [0, 0.1) is 0 Å². The molecule has 2 aromatic rings. The van der Waals surface area contributed by atoms with Crippen LogP contribution in [0.15, 0.2) is 54.6 Å². The molecule has 1 fully saturated rings. The summed E-state index contributed by atoms with van der Waals surface area (Å²) < 4.78 is 0. The third kappa shape index (κ3) is 5.68. The summed E-state index contributed by atoms with van der Waals surface area (Å²) in [5, 5.41) is 6.30. The first-order valence-electron chi connectivity index (χ1n) is 8.91. The minimum Gasteiger partial charge on any atom is -0.353 e. The molecule has 3 rings (SSSR count). The van der Waals surface area contributed by atoms with Crippen LogP contribution in [-0.2, 0) is 4.79 Å². The first kappa shape index (κ1) is 20.1. The third-order valence-corrected chi connectivity index (χ3v) is 4.60. The smallest absolute Gasteiger partial charge is 0.220 e. The van der Waals surface area contributed by atoms with Crippen molar-refractivity contribution in [3.8, 4) is 11.1 Å². The van der Waals surface area contributed by atoms with E-state index < -0.39 is 0 Å². The minimum absolute atomic E-state index is 0. The molecular formula is C21H25ClN2O2. The first-order chi connectivity index (χ1) is 12.2. The number of ketones is 1. The van der Waals surface area contributed by atoms with Gasteiger partial charge in [-0.2, -0.15) is 0 Å². The van der Waals surface area contributed by atoms with Gasteiger partial charge in [-0.3, -0.25) is 9.59 Å². The van der Waals surface area contributed by atoms with Crippen LogP contribution in [0.3, 0.4) is 0 Å². The molecule has 0 atom stereocenters. The molecule has 0 spiro atoms. The second-order valence-corrected chi connectivity index (χ2v) is 6.46. The Morgan fingerprint density at radius 3 is 2.15 bits per heavy atom. The number of Topliss-reactive ketones (excluding diaryl/α,β-unsaturated/α-hetero) is 1. The van der Waals surface area contributed by atoms with Gasteiger partial charge in [0.2, 0.25) is 5.91 Å². The highest BCUT2D eigenvalue weighted by molar-refractivity contribution is 5.98. The third-order valence-electron chi connectivity index (χ3n) is 4.60. The average Bonchev–Trinajstić information content (AvgIpc) is 2.68. The van der Waals surface area contributed by atoms with Crippen LogP contribution in [0.4, 0.5) is 0 Å². The zero-order chi connectivity index (χ0) is 17.5. The van der Waals surface area contributed by atoms with Crippen molar-refractivity contribution in [2.45, 2.75) is 31.7 Å². The summed E-state index contributed by atoms with van der Waals surface area (Å²) in [5.74, 6) is -0.0128. The fourth-order valence-electron chi connectivity index (χ4n) is 3.12. The summed E-state index contributed by atoms with van der Waals surface area (Å²) in [4.78, 5) is 24.3. The number of carbonyl (C=O) groups excluding carboxylic acids is 2. The number of hydrogen-bond acceptors (Lipinski definition) is 3. The number of benzene rings is 2. The van der Waals surface area contributed by atoms with E-state index in [0.29, 0.717) is 5.56 Å². The summed E-state index contributed by atoms with van der Waals surface area (Å²) in [5.41, 5.74) is 2.87. The van der Waals surface area contributed by atoms with E-state index >= 15 is 0 Å². The van der Waals surface area contributed by atoms with Gasteiger partial charge < -0.3 is 10.6 Å². The van der Waals surface area contributed by atoms with Crippen molar-refractivity contribution >= 4 is 24.1 Å². The number of hydrogen-bond donors (Lipinski definition) is 2. The van der Waals surface area contributed by atoms with Crippen molar-refractivity contribution < 1.29 is 9.59 Å². The van der Waals surface area contributed by atoms with E-state index in [4.69, 9.17) is 0 Å². The number of rotatable bonds is 6. The lowest BCUT2D eigenvalue weighted by atomic mass is 10.0. The van der Waals surface area contributed by atoms with E-state index in [1.165, 1.54) is 0 Å². The lowest BCUT2D eigenvalue weighted by Gasteiger charge is -2.23. The molecule has 0 unspecified atom stereocenters. The van der Waals surface area contributed by atoms with Gasteiger partial charge in [0, 0.05) is 24.4 Å². The molecule has 1 heterocycles. The molecule has 0 aromatic heterocycles. The van der Waals surface area contributed by atoms with E-state index in [2.05, 4.69) is 10.6 Å². The summed E-state index contributed by atoms with van der Waals surface area (Å²) >= 11 is 0. The Hall–Kier alpha value is -2.17. The van der Waals surface area contributed by atoms with Crippen molar-refractivity contribution in [3.63, 3.8) is 0 Å². The van der Waals surface area contributed by atoms with Crippen molar-refractivity contribution in [2.75, 3.05) is 13.1 Å². The molecule has 2 aromatic carbocycles. The van der Waals surface area contributed by atoms with E-state index in [1.807, 2.05) is 54.6 Å². The molecule has 1 aliphatic rings. The Morgan fingerprint density at radius 2 is 1.50 bits per heavy atom. The second kappa shape index (κ2) is 10.1. The lowest BCUT2D eigenvalue weighted by Crippen LogP contribution is -2.42. The predicted molar refractivity (Wildman–Crippen MR) is 107 cm³/mol. The summed E-state index contributed by atoms with van der Waals surface area (Å²) in [6.45, 7) is 1.88. The number of halogens is 1. The number of piperidine rings is 1. The molecule has 1 amide bonds. The fraction of sp³-hybridized carbons (Fsp3) is 0.333. The molecule has 0 aliphatic carbocycles. The van der Waals surface area contributed by atoms with Gasteiger partial charge >= 0.3 is 0 Å². The number of nitrogens with one attached hydrogen (secondary N) is 2. The van der Waals surface area contributed by atoms with Crippen LogP contribution in [0.5, 0.6) is 0 Å². The SMILES string of the molecule is Cl.O=C(CCC(=O)c1ccc(-c2ccccc2)cc1)NC1CCNCC1. The van der Waals surface area contributed by atoms with Gasteiger partial charge in [-0.05, 0) is 37.1 Å². The molecule has 4 nitrogen and oxygen atoms in total. The van der Waals surface area contributed by atoms with Crippen LogP contribution in [-0.4, -0.2) is 30.8 Å². The zero-order valence-electron chi connectivity index (χ0n) is 14.7. The van der Waals surface area contributed by atoms with Crippen LogP contribution in [0.2, 0.25) is 0 Å². The first-order valence-corrected chi connectivity index (χ1v) is 8.91. The second-order valence-electron chi connectivity index (χ2n) is 6.46. The highest BCUT2D eigenvalue weighted by Gasteiger charge is 2.16. The van der Waals surface area contributed by atoms with Gasteiger partial charge in [-0.25, -0.2) is 0 Å². The predicted octanol–water partition coefficient (Wildman–Crippen LogP) is 3.61. The highest BCUT2D eigenvalue weighted by atomic mass is 35.5. The van der Waals surface area contributed by atoms with E-state index in [0.717, 1.165) is 37.1 Å². The molecule has 26 heavy (non-hydrogen) atoms. The maximum absolute atomic E-state index is 12.3. The normalized spacial score (nSPS) is 14.3. The zero-order valence-corrected chi connectivity index (χ0v) is 15.6. The maximum atomic E-state index is 12.3. The van der Waals surface area contributed by atoms with Crippen LogP contribution < -0.4 is 10.6 Å². The van der Waals surface area contributed by atoms with E-state index in [-0.39, 0.29) is 43.0 Å². The van der Waals surface area contributed by atoms with Gasteiger partial charge in [0.05, 0.1) is 0 Å². The molecule has 138 valence electrons. The average molecular weight is 373 g/mol. The van der Waals surface area contributed by atoms with Gasteiger partial charge in [-0.15, -0.1) is 12.4 Å². The molecule has 0 saturated carbocycles. The Bertz CT molecular complexity index is 711. The topological polar surface area (TPSA) is 58.2 Å².